The molecule has 1 aromatic carbocycles. The summed E-state index contributed by atoms with van der Waals surface area (Å²) in [7, 11) is 0. The number of nitrogens with zero attached hydrogens (tertiary/aromatic N) is 3. The fourth-order valence-corrected chi connectivity index (χ4v) is 2.76. The van der Waals surface area contributed by atoms with Gasteiger partial charge in [-0.25, -0.2) is 9.97 Å². The monoisotopic (exact) mass is 278 g/mol. The van der Waals surface area contributed by atoms with Crippen molar-refractivity contribution >= 4 is 39.9 Å². The van der Waals surface area contributed by atoms with Crippen LogP contribution in [0.2, 0.25) is 5.02 Å². The maximum atomic E-state index is 6.10. The van der Waals surface area contributed by atoms with Crippen LogP contribution in [0.1, 0.15) is 5.69 Å². The van der Waals surface area contributed by atoms with E-state index >= 15 is 0 Å². The molecule has 0 spiro atoms. The summed E-state index contributed by atoms with van der Waals surface area (Å²) in [6.07, 6.45) is 0.839. The van der Waals surface area contributed by atoms with Crippen LogP contribution in [0, 0.1) is 0 Å². The molecule has 2 N–H and O–H groups in total. The number of aryl methyl sites for hydroxylation is 2. The lowest BCUT2D eigenvalue weighted by atomic mass is 10.3. The Morgan fingerprint density at radius 1 is 1.39 bits per heavy atom. The molecule has 3 aromatic rings. The highest BCUT2D eigenvalue weighted by Gasteiger charge is 2.10. The molecule has 6 heteroatoms. The molecule has 0 fully saturated rings. The zero-order chi connectivity index (χ0) is 12.5. The summed E-state index contributed by atoms with van der Waals surface area (Å²) < 4.78 is 1.97. The number of benzene rings is 1. The topological polar surface area (TPSA) is 56.7 Å². The van der Waals surface area contributed by atoms with Crippen LogP contribution in [0.5, 0.6) is 0 Å². The molecule has 4 nitrogen and oxygen atoms in total. The van der Waals surface area contributed by atoms with E-state index < -0.39 is 0 Å². The summed E-state index contributed by atoms with van der Waals surface area (Å²) in [6, 6.07) is 5.71. The van der Waals surface area contributed by atoms with Gasteiger partial charge >= 0.3 is 0 Å². The SMILES string of the molecule is Nc1nc2c(Cl)cccc2n1CCc1cscn1. The summed E-state index contributed by atoms with van der Waals surface area (Å²) in [5.41, 5.74) is 10.6. The summed E-state index contributed by atoms with van der Waals surface area (Å²) >= 11 is 7.70. The van der Waals surface area contributed by atoms with Gasteiger partial charge in [-0.2, -0.15) is 0 Å². The fourth-order valence-electron chi connectivity index (χ4n) is 1.95. The predicted octanol–water partition coefficient (Wildman–Crippen LogP) is 2.97. The molecule has 0 bridgehead atoms. The average Bonchev–Trinajstić information content (AvgIpc) is 2.95. The van der Waals surface area contributed by atoms with E-state index in [4.69, 9.17) is 17.3 Å². The van der Waals surface area contributed by atoms with Gasteiger partial charge in [-0.15, -0.1) is 11.3 Å². The molecule has 3 rings (SSSR count). The van der Waals surface area contributed by atoms with Crippen molar-refractivity contribution < 1.29 is 0 Å². The molecule has 2 aromatic heterocycles. The van der Waals surface area contributed by atoms with Crippen LogP contribution in [0.4, 0.5) is 5.95 Å². The molecule has 0 atom stereocenters. The number of rotatable bonds is 3. The number of nitrogens with two attached hydrogens (primary N) is 1. The number of aromatic nitrogens is 3. The van der Waals surface area contributed by atoms with Crippen molar-refractivity contribution in [2.75, 3.05) is 5.73 Å². The summed E-state index contributed by atoms with van der Waals surface area (Å²) in [5, 5.41) is 2.68. The van der Waals surface area contributed by atoms with Gasteiger partial charge in [0.2, 0.25) is 5.95 Å². The molecular formula is C12H11ClN4S. The molecule has 0 unspecified atom stereocenters. The molecule has 0 aliphatic carbocycles. The van der Waals surface area contributed by atoms with Crippen LogP contribution >= 0.6 is 22.9 Å². The lowest BCUT2D eigenvalue weighted by Gasteiger charge is -2.04. The Balaban J connectivity index is 1.96. The van der Waals surface area contributed by atoms with Crippen molar-refractivity contribution in [2.24, 2.45) is 0 Å². The maximum Gasteiger partial charge on any atom is 0.201 e. The van der Waals surface area contributed by atoms with Crippen LogP contribution in [0.15, 0.2) is 29.1 Å². The molecule has 92 valence electrons. The van der Waals surface area contributed by atoms with Gasteiger partial charge < -0.3 is 10.3 Å². The lowest BCUT2D eigenvalue weighted by Crippen LogP contribution is -2.05. The van der Waals surface area contributed by atoms with Crippen LogP contribution < -0.4 is 5.73 Å². The second kappa shape index (κ2) is 4.59. The number of imidazole rings is 1. The first-order valence-electron chi connectivity index (χ1n) is 5.53. The van der Waals surface area contributed by atoms with Crippen LogP contribution in [-0.2, 0) is 13.0 Å². The minimum Gasteiger partial charge on any atom is -0.369 e. The van der Waals surface area contributed by atoms with Crippen LogP contribution in [-0.4, -0.2) is 14.5 Å². The number of fused-ring (bicyclic) bond motifs is 1. The molecular weight excluding hydrogens is 268 g/mol. The highest BCUT2D eigenvalue weighted by atomic mass is 35.5. The van der Waals surface area contributed by atoms with E-state index in [0.29, 0.717) is 11.0 Å². The first-order valence-corrected chi connectivity index (χ1v) is 6.85. The minimum atomic E-state index is 0.494. The van der Waals surface area contributed by atoms with Crippen molar-refractivity contribution in [3.8, 4) is 0 Å². The number of halogens is 1. The van der Waals surface area contributed by atoms with Crippen LogP contribution in [0.25, 0.3) is 11.0 Å². The second-order valence-corrected chi connectivity index (χ2v) is 5.08. The van der Waals surface area contributed by atoms with Crippen molar-refractivity contribution in [3.63, 3.8) is 0 Å². The number of nitrogen functional groups attached to an aromatic ring is 1. The minimum absolute atomic E-state index is 0.494. The van der Waals surface area contributed by atoms with E-state index in [2.05, 4.69) is 9.97 Å². The zero-order valence-electron chi connectivity index (χ0n) is 9.51. The second-order valence-electron chi connectivity index (χ2n) is 3.96. The Labute approximate surface area is 113 Å². The Morgan fingerprint density at radius 3 is 3.06 bits per heavy atom. The highest BCUT2D eigenvalue weighted by molar-refractivity contribution is 7.07. The Hall–Kier alpha value is -1.59. The molecule has 0 saturated heterocycles. The molecule has 0 amide bonds. The van der Waals surface area contributed by atoms with Gasteiger partial charge in [-0.05, 0) is 12.1 Å². The summed E-state index contributed by atoms with van der Waals surface area (Å²) in [6.45, 7) is 0.756. The first-order chi connectivity index (χ1) is 8.75. The lowest BCUT2D eigenvalue weighted by molar-refractivity contribution is 0.716. The van der Waals surface area contributed by atoms with Gasteiger partial charge in [0.25, 0.3) is 0 Å². The third kappa shape index (κ3) is 1.95. The van der Waals surface area contributed by atoms with Gasteiger partial charge in [-0.1, -0.05) is 17.7 Å². The number of para-hydroxylation sites is 1. The zero-order valence-corrected chi connectivity index (χ0v) is 11.1. The van der Waals surface area contributed by atoms with E-state index in [-0.39, 0.29) is 0 Å². The van der Waals surface area contributed by atoms with Crippen molar-refractivity contribution in [1.82, 2.24) is 14.5 Å². The third-order valence-electron chi connectivity index (χ3n) is 2.83. The third-order valence-corrected chi connectivity index (χ3v) is 3.77. The quantitative estimate of drug-likeness (QED) is 0.801. The van der Waals surface area contributed by atoms with Crippen molar-refractivity contribution in [2.45, 2.75) is 13.0 Å². The molecule has 0 aliphatic heterocycles. The van der Waals surface area contributed by atoms with Crippen molar-refractivity contribution in [3.05, 3.63) is 39.8 Å². The fraction of sp³-hybridized carbons (Fsp3) is 0.167. The normalized spacial score (nSPS) is 11.2. The first kappa shape index (κ1) is 11.5. The van der Waals surface area contributed by atoms with E-state index in [1.165, 1.54) is 0 Å². The van der Waals surface area contributed by atoms with Gasteiger partial charge in [0.05, 0.1) is 21.7 Å². The van der Waals surface area contributed by atoms with Gasteiger partial charge in [0.1, 0.15) is 5.52 Å². The number of thiazole rings is 1. The van der Waals surface area contributed by atoms with Gasteiger partial charge in [0.15, 0.2) is 0 Å². The van der Waals surface area contributed by atoms with Crippen LogP contribution in [0.3, 0.4) is 0 Å². The molecule has 0 radical (unpaired) electrons. The Morgan fingerprint density at radius 2 is 2.28 bits per heavy atom. The maximum absolute atomic E-state index is 6.10. The summed E-state index contributed by atoms with van der Waals surface area (Å²) in [4.78, 5) is 8.56. The van der Waals surface area contributed by atoms with Gasteiger partial charge in [-0.3, -0.25) is 0 Å². The molecule has 2 heterocycles. The average molecular weight is 279 g/mol. The van der Waals surface area contributed by atoms with Crippen molar-refractivity contribution in [1.29, 1.82) is 0 Å². The van der Waals surface area contributed by atoms with E-state index in [1.54, 1.807) is 11.3 Å². The number of anilines is 1. The van der Waals surface area contributed by atoms with E-state index in [0.717, 1.165) is 29.7 Å². The highest BCUT2D eigenvalue weighted by Crippen LogP contribution is 2.25. The molecule has 0 saturated carbocycles. The van der Waals surface area contributed by atoms with E-state index in [9.17, 15) is 0 Å². The molecule has 18 heavy (non-hydrogen) atoms. The molecule has 0 aliphatic rings. The Kier molecular flexibility index (Phi) is 2.93. The van der Waals surface area contributed by atoms with Gasteiger partial charge in [0, 0.05) is 18.3 Å². The van der Waals surface area contributed by atoms with E-state index in [1.807, 2.05) is 33.7 Å². The smallest absolute Gasteiger partial charge is 0.201 e. The standard InChI is InChI=1S/C12H11ClN4S/c13-9-2-1-3-10-11(9)16-12(14)17(10)5-4-8-6-18-7-15-8/h1-3,6-7H,4-5H2,(H2,14,16). The Bertz CT molecular complexity index is 675. The summed E-state index contributed by atoms with van der Waals surface area (Å²) in [5.74, 6) is 0.494. The number of hydrogen-bond donors (Lipinski definition) is 1. The predicted molar refractivity (Wildman–Crippen MR) is 75.0 cm³/mol. The largest absolute Gasteiger partial charge is 0.369 e. The number of hydrogen-bond acceptors (Lipinski definition) is 4.